The SMILES string of the molecule is N#CC(CNc1ccc(F)cc1I)C(F)(F)F. The van der Waals surface area contributed by atoms with Crippen LogP contribution in [0.1, 0.15) is 0 Å². The van der Waals surface area contributed by atoms with E-state index in [0.717, 1.165) is 6.07 Å². The van der Waals surface area contributed by atoms with Gasteiger partial charge in [0.1, 0.15) is 5.82 Å². The summed E-state index contributed by atoms with van der Waals surface area (Å²) in [4.78, 5) is 0. The van der Waals surface area contributed by atoms with Crippen LogP contribution in [-0.2, 0) is 0 Å². The van der Waals surface area contributed by atoms with E-state index in [1.54, 1.807) is 22.6 Å². The van der Waals surface area contributed by atoms with E-state index in [2.05, 4.69) is 5.32 Å². The molecule has 0 amide bonds. The van der Waals surface area contributed by atoms with Crippen LogP contribution >= 0.6 is 22.6 Å². The van der Waals surface area contributed by atoms with Crippen LogP contribution in [0.3, 0.4) is 0 Å². The maximum absolute atomic E-state index is 12.7. The molecule has 1 aromatic carbocycles. The van der Waals surface area contributed by atoms with Gasteiger partial charge in [-0.3, -0.25) is 0 Å². The molecule has 0 radical (unpaired) electrons. The molecule has 2 nitrogen and oxygen atoms in total. The lowest BCUT2D eigenvalue weighted by Gasteiger charge is -2.15. The smallest absolute Gasteiger partial charge is 0.383 e. The van der Waals surface area contributed by atoms with Crippen LogP contribution in [0, 0.1) is 26.6 Å². The van der Waals surface area contributed by atoms with Gasteiger partial charge in [0.2, 0.25) is 0 Å². The van der Waals surface area contributed by atoms with Crippen molar-refractivity contribution in [2.45, 2.75) is 6.18 Å². The summed E-state index contributed by atoms with van der Waals surface area (Å²) < 4.78 is 50.0. The summed E-state index contributed by atoms with van der Waals surface area (Å²) >= 11 is 1.80. The van der Waals surface area contributed by atoms with Gasteiger partial charge in [0.15, 0.2) is 5.92 Å². The van der Waals surface area contributed by atoms with Crippen LogP contribution in [0.15, 0.2) is 18.2 Å². The molecular weight excluding hydrogens is 351 g/mol. The Morgan fingerprint density at radius 1 is 1.41 bits per heavy atom. The first-order valence-corrected chi connectivity index (χ1v) is 5.57. The van der Waals surface area contributed by atoms with Gasteiger partial charge in [-0.25, -0.2) is 4.39 Å². The zero-order valence-corrected chi connectivity index (χ0v) is 10.5. The molecule has 0 aliphatic heterocycles. The van der Waals surface area contributed by atoms with E-state index in [-0.39, 0.29) is 0 Å². The molecule has 17 heavy (non-hydrogen) atoms. The van der Waals surface area contributed by atoms with E-state index in [4.69, 9.17) is 5.26 Å². The number of nitriles is 1. The molecular formula is C10H7F4IN2. The van der Waals surface area contributed by atoms with Crippen molar-refractivity contribution in [2.75, 3.05) is 11.9 Å². The van der Waals surface area contributed by atoms with Crippen molar-refractivity contribution in [3.8, 4) is 6.07 Å². The minimum atomic E-state index is -4.56. The second-order valence-electron chi connectivity index (χ2n) is 3.23. The number of halogens is 5. The number of anilines is 1. The summed E-state index contributed by atoms with van der Waals surface area (Å²) in [6, 6.07) is 4.84. The molecule has 7 heteroatoms. The van der Waals surface area contributed by atoms with Crippen molar-refractivity contribution in [1.29, 1.82) is 5.26 Å². The summed E-state index contributed by atoms with van der Waals surface area (Å²) in [5.41, 5.74) is 0.372. The highest BCUT2D eigenvalue weighted by Gasteiger charge is 2.39. The standard InChI is InChI=1S/C10H7F4IN2/c11-7-1-2-9(8(15)3-7)17-5-6(4-16)10(12,13)14/h1-3,6,17H,5H2. The number of benzene rings is 1. The summed E-state index contributed by atoms with van der Waals surface area (Å²) in [5.74, 6) is -2.55. The Morgan fingerprint density at radius 3 is 2.53 bits per heavy atom. The molecule has 0 saturated carbocycles. The van der Waals surface area contributed by atoms with E-state index < -0.39 is 24.5 Å². The fraction of sp³-hybridized carbons (Fsp3) is 0.300. The van der Waals surface area contributed by atoms with Crippen molar-refractivity contribution in [3.63, 3.8) is 0 Å². The Bertz CT molecular complexity index is 439. The fourth-order valence-electron chi connectivity index (χ4n) is 1.08. The number of nitrogens with one attached hydrogen (secondary N) is 1. The number of hydrogen-bond acceptors (Lipinski definition) is 2. The van der Waals surface area contributed by atoms with Gasteiger partial charge in [-0.2, -0.15) is 18.4 Å². The zero-order chi connectivity index (χ0) is 13.1. The highest BCUT2D eigenvalue weighted by Crippen LogP contribution is 2.27. The number of alkyl halides is 3. The van der Waals surface area contributed by atoms with E-state index >= 15 is 0 Å². The third kappa shape index (κ3) is 4.03. The van der Waals surface area contributed by atoms with Gasteiger partial charge in [-0.15, -0.1) is 0 Å². The average Bonchev–Trinajstić information content (AvgIpc) is 2.19. The van der Waals surface area contributed by atoms with Crippen molar-refractivity contribution in [1.82, 2.24) is 0 Å². The Balaban J connectivity index is 2.71. The number of rotatable bonds is 3. The van der Waals surface area contributed by atoms with Gasteiger partial charge < -0.3 is 5.32 Å². The van der Waals surface area contributed by atoms with Crippen LogP contribution in [0.25, 0.3) is 0 Å². The highest BCUT2D eigenvalue weighted by molar-refractivity contribution is 14.1. The lowest BCUT2D eigenvalue weighted by atomic mass is 10.1. The second kappa shape index (κ2) is 5.53. The molecule has 0 saturated heterocycles. The van der Waals surface area contributed by atoms with Crippen LogP contribution in [0.2, 0.25) is 0 Å². The minimum absolute atomic E-state index is 0.372. The first-order valence-electron chi connectivity index (χ1n) is 4.50. The maximum atomic E-state index is 12.7. The Morgan fingerprint density at radius 2 is 2.06 bits per heavy atom. The molecule has 1 rings (SSSR count). The lowest BCUT2D eigenvalue weighted by Crippen LogP contribution is -2.28. The molecule has 1 atom stereocenters. The predicted molar refractivity (Wildman–Crippen MR) is 62.8 cm³/mol. The largest absolute Gasteiger partial charge is 0.406 e. The number of hydrogen-bond donors (Lipinski definition) is 1. The summed E-state index contributed by atoms with van der Waals surface area (Å²) in [7, 11) is 0. The molecule has 0 aromatic heterocycles. The van der Waals surface area contributed by atoms with Crippen LogP contribution < -0.4 is 5.32 Å². The summed E-state index contributed by atoms with van der Waals surface area (Å²) in [6.45, 7) is -0.554. The third-order valence-corrected chi connectivity index (χ3v) is 2.87. The van der Waals surface area contributed by atoms with Crippen molar-refractivity contribution >= 4 is 28.3 Å². The first-order chi connectivity index (χ1) is 7.84. The molecule has 0 fully saturated rings. The van der Waals surface area contributed by atoms with Crippen molar-refractivity contribution in [2.24, 2.45) is 5.92 Å². The van der Waals surface area contributed by atoms with Crippen LogP contribution in [-0.4, -0.2) is 12.7 Å². The van der Waals surface area contributed by atoms with E-state index in [1.165, 1.54) is 18.2 Å². The van der Waals surface area contributed by atoms with Gasteiger partial charge in [-0.1, -0.05) is 0 Å². The van der Waals surface area contributed by atoms with Crippen molar-refractivity contribution in [3.05, 3.63) is 27.6 Å². The molecule has 0 spiro atoms. The monoisotopic (exact) mass is 358 g/mol. The van der Waals surface area contributed by atoms with Gasteiger partial charge in [0, 0.05) is 15.8 Å². The van der Waals surface area contributed by atoms with Crippen molar-refractivity contribution < 1.29 is 17.6 Å². The first kappa shape index (κ1) is 14.0. The average molecular weight is 358 g/mol. The Labute approximate surface area is 109 Å². The molecule has 0 aliphatic carbocycles. The molecule has 0 aliphatic rings. The van der Waals surface area contributed by atoms with Crippen LogP contribution in [0.4, 0.5) is 23.2 Å². The topological polar surface area (TPSA) is 35.8 Å². The molecule has 1 N–H and O–H groups in total. The maximum Gasteiger partial charge on any atom is 0.406 e. The van der Waals surface area contributed by atoms with Gasteiger partial charge in [0.25, 0.3) is 0 Å². The lowest BCUT2D eigenvalue weighted by molar-refractivity contribution is -0.155. The summed E-state index contributed by atoms with van der Waals surface area (Å²) in [5, 5.41) is 10.9. The molecule has 0 heterocycles. The molecule has 1 aromatic rings. The fourth-order valence-corrected chi connectivity index (χ4v) is 1.75. The highest BCUT2D eigenvalue weighted by atomic mass is 127. The Kier molecular flexibility index (Phi) is 4.56. The van der Waals surface area contributed by atoms with E-state index in [9.17, 15) is 17.6 Å². The molecule has 1 unspecified atom stereocenters. The predicted octanol–water partition coefficient (Wildman–Crippen LogP) is 3.54. The quantitative estimate of drug-likeness (QED) is 0.663. The van der Waals surface area contributed by atoms with E-state index in [1.807, 2.05) is 0 Å². The van der Waals surface area contributed by atoms with Crippen LogP contribution in [0.5, 0.6) is 0 Å². The Hall–Kier alpha value is -1.04. The minimum Gasteiger partial charge on any atom is -0.383 e. The van der Waals surface area contributed by atoms with Gasteiger partial charge in [-0.05, 0) is 40.8 Å². The van der Waals surface area contributed by atoms with Gasteiger partial charge in [0.05, 0.1) is 6.07 Å². The zero-order valence-electron chi connectivity index (χ0n) is 8.35. The van der Waals surface area contributed by atoms with E-state index in [0.29, 0.717) is 9.26 Å². The summed E-state index contributed by atoms with van der Waals surface area (Å²) in [6.07, 6.45) is -4.56. The molecule has 0 bridgehead atoms. The normalized spacial score (nSPS) is 12.9. The number of nitrogens with zero attached hydrogens (tertiary/aromatic N) is 1. The van der Waals surface area contributed by atoms with Gasteiger partial charge >= 0.3 is 6.18 Å². The second-order valence-corrected chi connectivity index (χ2v) is 4.39. The molecule has 92 valence electrons. The third-order valence-electron chi connectivity index (χ3n) is 1.98.